The van der Waals surface area contributed by atoms with Gasteiger partial charge < -0.3 is 10.6 Å². The molecule has 1 aromatic carbocycles. The average molecular weight is 389 g/mol. The SMILES string of the molecule is CC(CCc1ccc(F)cc1)NC(=O)CN1C(=O)NC2(CCCCC2C)C1=O. The Morgan fingerprint density at radius 2 is 2.04 bits per heavy atom. The highest BCUT2D eigenvalue weighted by Crippen LogP contribution is 2.38. The second-order valence-corrected chi connectivity index (χ2v) is 8.07. The average Bonchev–Trinajstić information content (AvgIpc) is 2.89. The molecule has 2 fully saturated rings. The molecule has 1 saturated heterocycles. The molecule has 4 amide bonds. The van der Waals surface area contributed by atoms with Crippen LogP contribution in [0.2, 0.25) is 0 Å². The molecule has 3 unspecified atom stereocenters. The van der Waals surface area contributed by atoms with E-state index >= 15 is 0 Å². The zero-order valence-corrected chi connectivity index (χ0v) is 16.5. The van der Waals surface area contributed by atoms with E-state index in [9.17, 15) is 18.8 Å². The van der Waals surface area contributed by atoms with Crippen LogP contribution in [0.1, 0.15) is 51.5 Å². The zero-order chi connectivity index (χ0) is 20.3. The van der Waals surface area contributed by atoms with E-state index in [4.69, 9.17) is 0 Å². The molecule has 0 radical (unpaired) electrons. The highest BCUT2D eigenvalue weighted by Gasteiger charge is 2.55. The number of rotatable bonds is 6. The van der Waals surface area contributed by atoms with E-state index in [0.717, 1.165) is 29.7 Å². The largest absolute Gasteiger partial charge is 0.352 e. The Labute approximate surface area is 164 Å². The number of benzene rings is 1. The third kappa shape index (κ3) is 4.18. The molecule has 1 aromatic rings. The van der Waals surface area contributed by atoms with Gasteiger partial charge in [-0.3, -0.25) is 14.5 Å². The van der Waals surface area contributed by atoms with Gasteiger partial charge in [0.15, 0.2) is 0 Å². The van der Waals surface area contributed by atoms with Gasteiger partial charge in [0, 0.05) is 6.04 Å². The lowest BCUT2D eigenvalue weighted by atomic mass is 9.73. The van der Waals surface area contributed by atoms with Crippen molar-refractivity contribution >= 4 is 17.8 Å². The summed E-state index contributed by atoms with van der Waals surface area (Å²) in [6, 6.07) is 5.68. The van der Waals surface area contributed by atoms with Gasteiger partial charge in [-0.25, -0.2) is 9.18 Å². The maximum Gasteiger partial charge on any atom is 0.325 e. The van der Waals surface area contributed by atoms with Crippen LogP contribution < -0.4 is 10.6 Å². The number of nitrogens with zero attached hydrogens (tertiary/aromatic N) is 1. The molecule has 1 aliphatic heterocycles. The molecule has 2 aliphatic rings. The van der Waals surface area contributed by atoms with Crippen molar-refractivity contribution in [2.75, 3.05) is 6.54 Å². The van der Waals surface area contributed by atoms with Gasteiger partial charge in [0.25, 0.3) is 5.91 Å². The molecular weight excluding hydrogens is 361 g/mol. The van der Waals surface area contributed by atoms with E-state index in [0.29, 0.717) is 19.3 Å². The summed E-state index contributed by atoms with van der Waals surface area (Å²) in [5.74, 6) is -0.835. The summed E-state index contributed by atoms with van der Waals surface area (Å²) < 4.78 is 12.9. The van der Waals surface area contributed by atoms with Crippen molar-refractivity contribution < 1.29 is 18.8 Å². The fourth-order valence-corrected chi connectivity index (χ4v) is 4.21. The van der Waals surface area contributed by atoms with Crippen molar-refractivity contribution in [2.24, 2.45) is 5.92 Å². The van der Waals surface area contributed by atoms with Crippen molar-refractivity contribution in [1.82, 2.24) is 15.5 Å². The fraction of sp³-hybridized carbons (Fsp3) is 0.571. The van der Waals surface area contributed by atoms with Gasteiger partial charge in [-0.15, -0.1) is 0 Å². The first kappa shape index (κ1) is 20.3. The summed E-state index contributed by atoms with van der Waals surface area (Å²) in [5.41, 5.74) is 0.147. The van der Waals surface area contributed by atoms with Crippen molar-refractivity contribution in [3.63, 3.8) is 0 Å². The van der Waals surface area contributed by atoms with Gasteiger partial charge in [-0.1, -0.05) is 31.9 Å². The summed E-state index contributed by atoms with van der Waals surface area (Å²) in [6.07, 6.45) is 4.86. The monoisotopic (exact) mass is 389 g/mol. The van der Waals surface area contributed by atoms with E-state index in [1.54, 1.807) is 12.1 Å². The van der Waals surface area contributed by atoms with Crippen molar-refractivity contribution in [3.05, 3.63) is 35.6 Å². The number of hydrogen-bond acceptors (Lipinski definition) is 3. The molecule has 0 aromatic heterocycles. The maximum atomic E-state index is 12.9. The second kappa shape index (κ2) is 8.29. The van der Waals surface area contributed by atoms with Gasteiger partial charge in [0.1, 0.15) is 17.9 Å². The lowest BCUT2D eigenvalue weighted by Crippen LogP contribution is -2.54. The van der Waals surface area contributed by atoms with Gasteiger partial charge in [0.2, 0.25) is 5.91 Å². The highest BCUT2D eigenvalue weighted by atomic mass is 19.1. The highest BCUT2D eigenvalue weighted by molar-refractivity contribution is 6.09. The van der Waals surface area contributed by atoms with Crippen LogP contribution in [0.15, 0.2) is 24.3 Å². The number of nitrogens with one attached hydrogen (secondary N) is 2. The third-order valence-corrected chi connectivity index (χ3v) is 5.99. The summed E-state index contributed by atoms with van der Waals surface area (Å²) in [5, 5.41) is 5.70. The number of carbonyl (C=O) groups is 3. The van der Waals surface area contributed by atoms with Crippen LogP contribution in [-0.2, 0) is 16.0 Å². The Morgan fingerprint density at radius 1 is 1.32 bits per heavy atom. The second-order valence-electron chi connectivity index (χ2n) is 8.07. The number of urea groups is 1. The minimum absolute atomic E-state index is 0.0698. The molecule has 6 nitrogen and oxygen atoms in total. The third-order valence-electron chi connectivity index (χ3n) is 5.99. The molecule has 152 valence electrons. The van der Waals surface area contributed by atoms with Gasteiger partial charge in [-0.2, -0.15) is 0 Å². The van der Waals surface area contributed by atoms with Gasteiger partial charge >= 0.3 is 6.03 Å². The molecule has 3 atom stereocenters. The maximum absolute atomic E-state index is 12.9. The first-order valence-corrected chi connectivity index (χ1v) is 10.00. The Bertz CT molecular complexity index is 752. The predicted octanol–water partition coefficient (Wildman–Crippen LogP) is 2.76. The number of imide groups is 1. The number of aryl methyl sites for hydroxylation is 1. The van der Waals surface area contributed by atoms with Crippen LogP contribution in [0.5, 0.6) is 0 Å². The van der Waals surface area contributed by atoms with E-state index in [1.807, 2.05) is 13.8 Å². The summed E-state index contributed by atoms with van der Waals surface area (Å²) in [4.78, 5) is 38.7. The zero-order valence-electron chi connectivity index (χ0n) is 16.5. The molecule has 1 heterocycles. The van der Waals surface area contributed by atoms with E-state index in [2.05, 4.69) is 10.6 Å². The molecule has 28 heavy (non-hydrogen) atoms. The molecule has 2 N–H and O–H groups in total. The lowest BCUT2D eigenvalue weighted by molar-refractivity contribution is -0.137. The standard InChI is InChI=1S/C21H28FN3O3/c1-14-5-3-4-12-21(14)19(27)25(20(28)24-21)13-18(26)23-15(2)6-7-16-8-10-17(22)11-9-16/h8-11,14-15H,3-7,12-13H2,1-2H3,(H,23,26)(H,24,28). The minimum atomic E-state index is -0.843. The Morgan fingerprint density at radius 3 is 2.71 bits per heavy atom. The Kier molecular flexibility index (Phi) is 6.01. The smallest absolute Gasteiger partial charge is 0.325 e. The Hall–Kier alpha value is -2.44. The molecule has 1 saturated carbocycles. The van der Waals surface area contributed by atoms with Gasteiger partial charge in [-0.05, 0) is 56.2 Å². The van der Waals surface area contributed by atoms with Crippen molar-refractivity contribution in [1.29, 1.82) is 0 Å². The summed E-state index contributed by atoms with van der Waals surface area (Å²) >= 11 is 0. The number of hydrogen-bond donors (Lipinski definition) is 2. The Balaban J connectivity index is 1.52. The molecule has 7 heteroatoms. The lowest BCUT2D eigenvalue weighted by Gasteiger charge is -2.36. The normalized spacial score (nSPS) is 25.7. The van der Waals surface area contributed by atoms with E-state index < -0.39 is 11.6 Å². The van der Waals surface area contributed by atoms with Gasteiger partial charge in [0.05, 0.1) is 0 Å². The summed E-state index contributed by atoms with van der Waals surface area (Å²) in [7, 11) is 0. The first-order valence-electron chi connectivity index (χ1n) is 10.00. The predicted molar refractivity (Wildman–Crippen MR) is 103 cm³/mol. The van der Waals surface area contributed by atoms with Crippen LogP contribution in [0.25, 0.3) is 0 Å². The van der Waals surface area contributed by atoms with Crippen LogP contribution in [0.4, 0.5) is 9.18 Å². The quantitative estimate of drug-likeness (QED) is 0.735. The molecule has 3 rings (SSSR count). The van der Waals surface area contributed by atoms with Crippen molar-refractivity contribution in [2.45, 2.75) is 64.0 Å². The van der Waals surface area contributed by atoms with Crippen LogP contribution in [0.3, 0.4) is 0 Å². The molecule has 1 aliphatic carbocycles. The topological polar surface area (TPSA) is 78.5 Å². The summed E-state index contributed by atoms with van der Waals surface area (Å²) in [6.45, 7) is 3.59. The van der Waals surface area contributed by atoms with Crippen LogP contribution in [0, 0.1) is 11.7 Å². The number of halogens is 1. The van der Waals surface area contributed by atoms with Crippen LogP contribution in [-0.4, -0.2) is 40.9 Å². The minimum Gasteiger partial charge on any atom is -0.352 e. The van der Waals surface area contributed by atoms with Crippen molar-refractivity contribution in [3.8, 4) is 0 Å². The van der Waals surface area contributed by atoms with E-state index in [1.165, 1.54) is 12.1 Å². The number of carbonyl (C=O) groups excluding carboxylic acids is 3. The molecular formula is C21H28FN3O3. The molecule has 0 bridgehead atoms. The van der Waals surface area contributed by atoms with Crippen LogP contribution >= 0.6 is 0 Å². The van der Waals surface area contributed by atoms with E-state index in [-0.39, 0.29) is 36.1 Å². The fourth-order valence-electron chi connectivity index (χ4n) is 4.21. The first-order chi connectivity index (χ1) is 13.3. The number of amides is 4. The molecule has 1 spiro atoms.